The number of fused-ring (bicyclic) bond motifs is 1. The average molecular weight is 385 g/mol. The lowest BCUT2D eigenvalue weighted by atomic mass is 10.0. The summed E-state index contributed by atoms with van der Waals surface area (Å²) < 4.78 is 10.6. The summed E-state index contributed by atoms with van der Waals surface area (Å²) in [6.45, 7) is -0.00907. The van der Waals surface area contributed by atoms with Crippen LogP contribution in [0, 0.1) is 11.3 Å². The predicted molar refractivity (Wildman–Crippen MR) is 110 cm³/mol. The molecule has 0 saturated carbocycles. The van der Waals surface area contributed by atoms with Crippen molar-refractivity contribution in [3.63, 3.8) is 0 Å². The first-order valence-electron chi connectivity index (χ1n) is 9.14. The number of hydrogen-bond donors (Lipinski definition) is 1. The third kappa shape index (κ3) is 3.58. The second kappa shape index (κ2) is 7.95. The number of hydrogen-bond acceptors (Lipinski definition) is 5. The maximum absolute atomic E-state index is 13.4. The van der Waals surface area contributed by atoms with Crippen LogP contribution in [-0.4, -0.2) is 19.6 Å². The molecule has 0 radical (unpaired) electrons. The molecule has 0 saturated heterocycles. The number of carbonyl (C=O) groups is 1. The molecule has 1 aliphatic heterocycles. The number of amides is 1. The standard InChI is InChI=1S/C23H19N3O3/c1-28-18-12-8-17(9-13-18)26-22(16-6-10-19(11-7-16)29-15-14-24)25-21-5-3-2-4-20(21)23(26)27/h2-13,22,25H,15H2,1H3/t22-/m1/s1. The monoisotopic (exact) mass is 385 g/mol. The van der Waals surface area contributed by atoms with Crippen molar-refractivity contribution in [1.29, 1.82) is 5.26 Å². The molecule has 1 aliphatic rings. The Hall–Kier alpha value is -3.98. The molecule has 1 heterocycles. The van der Waals surface area contributed by atoms with E-state index in [0.29, 0.717) is 11.3 Å². The Morgan fingerprint density at radius 2 is 1.69 bits per heavy atom. The number of methoxy groups -OCH3 is 1. The first-order chi connectivity index (χ1) is 14.2. The number of carbonyl (C=O) groups excluding carboxylic acids is 1. The van der Waals surface area contributed by atoms with E-state index in [1.807, 2.05) is 66.7 Å². The number of anilines is 2. The van der Waals surface area contributed by atoms with Crippen LogP contribution in [0.4, 0.5) is 11.4 Å². The Morgan fingerprint density at radius 1 is 1.00 bits per heavy atom. The van der Waals surface area contributed by atoms with E-state index in [1.54, 1.807) is 24.1 Å². The van der Waals surface area contributed by atoms with Crippen LogP contribution in [0.3, 0.4) is 0 Å². The highest BCUT2D eigenvalue weighted by Gasteiger charge is 2.34. The van der Waals surface area contributed by atoms with E-state index in [-0.39, 0.29) is 12.5 Å². The van der Waals surface area contributed by atoms with Gasteiger partial charge in [0.15, 0.2) is 6.61 Å². The minimum atomic E-state index is -0.393. The van der Waals surface area contributed by atoms with Crippen molar-refractivity contribution >= 4 is 17.3 Å². The van der Waals surface area contributed by atoms with E-state index in [1.165, 1.54) is 0 Å². The Bertz CT molecular complexity index is 1060. The molecular formula is C23H19N3O3. The van der Waals surface area contributed by atoms with Crippen LogP contribution in [0.1, 0.15) is 22.1 Å². The smallest absolute Gasteiger partial charge is 0.262 e. The fraction of sp³-hybridized carbons (Fsp3) is 0.130. The summed E-state index contributed by atoms with van der Waals surface area (Å²) in [6.07, 6.45) is -0.393. The van der Waals surface area contributed by atoms with Crippen LogP contribution in [0.25, 0.3) is 0 Å². The number of nitrogens with zero attached hydrogens (tertiary/aromatic N) is 2. The van der Waals surface area contributed by atoms with Crippen LogP contribution in [0.15, 0.2) is 72.8 Å². The minimum Gasteiger partial charge on any atom is -0.497 e. The highest BCUT2D eigenvalue weighted by molar-refractivity contribution is 6.12. The zero-order valence-electron chi connectivity index (χ0n) is 15.8. The normalized spacial score (nSPS) is 15.1. The van der Waals surface area contributed by atoms with Crippen LogP contribution in [0.2, 0.25) is 0 Å². The number of para-hydroxylation sites is 1. The summed E-state index contributed by atoms with van der Waals surface area (Å²) in [5.74, 6) is 1.25. The first kappa shape index (κ1) is 18.4. The zero-order valence-corrected chi connectivity index (χ0v) is 15.8. The minimum absolute atomic E-state index is 0.00907. The maximum Gasteiger partial charge on any atom is 0.262 e. The molecule has 0 unspecified atom stereocenters. The number of benzene rings is 3. The SMILES string of the molecule is COc1ccc(N2C(=O)c3ccccc3N[C@H]2c2ccc(OCC#N)cc2)cc1. The molecule has 0 aliphatic carbocycles. The maximum atomic E-state index is 13.4. The number of rotatable bonds is 5. The topological polar surface area (TPSA) is 74.6 Å². The summed E-state index contributed by atoms with van der Waals surface area (Å²) in [7, 11) is 1.61. The van der Waals surface area contributed by atoms with Crippen molar-refractivity contribution in [2.45, 2.75) is 6.17 Å². The fourth-order valence-electron chi connectivity index (χ4n) is 3.36. The van der Waals surface area contributed by atoms with Gasteiger partial charge < -0.3 is 14.8 Å². The van der Waals surface area contributed by atoms with Crippen molar-refractivity contribution in [3.05, 3.63) is 83.9 Å². The van der Waals surface area contributed by atoms with Crippen LogP contribution < -0.4 is 19.7 Å². The Morgan fingerprint density at radius 3 is 2.38 bits per heavy atom. The summed E-state index contributed by atoms with van der Waals surface area (Å²) in [4.78, 5) is 15.1. The summed E-state index contributed by atoms with van der Waals surface area (Å²) in [6, 6.07) is 24.2. The number of nitriles is 1. The number of nitrogens with one attached hydrogen (secondary N) is 1. The molecular weight excluding hydrogens is 366 g/mol. The lowest BCUT2D eigenvalue weighted by molar-refractivity contribution is 0.0975. The predicted octanol–water partition coefficient (Wildman–Crippen LogP) is 4.37. The van der Waals surface area contributed by atoms with Gasteiger partial charge in [0.1, 0.15) is 23.7 Å². The Kier molecular flexibility index (Phi) is 5.04. The van der Waals surface area contributed by atoms with Gasteiger partial charge in [-0.05, 0) is 54.1 Å². The molecule has 3 aromatic rings. The van der Waals surface area contributed by atoms with Gasteiger partial charge in [-0.2, -0.15) is 5.26 Å². The summed E-state index contributed by atoms with van der Waals surface area (Å²) in [5.41, 5.74) is 3.06. The second-order valence-electron chi connectivity index (χ2n) is 6.48. The molecule has 0 aromatic heterocycles. The summed E-state index contributed by atoms with van der Waals surface area (Å²) >= 11 is 0. The Balaban J connectivity index is 1.74. The molecule has 4 rings (SSSR count). The molecule has 1 amide bonds. The summed E-state index contributed by atoms with van der Waals surface area (Å²) in [5, 5.41) is 12.1. The van der Waals surface area contributed by atoms with E-state index < -0.39 is 6.17 Å². The number of ether oxygens (including phenoxy) is 2. The molecule has 6 nitrogen and oxygen atoms in total. The van der Waals surface area contributed by atoms with E-state index in [2.05, 4.69) is 5.32 Å². The highest BCUT2D eigenvalue weighted by atomic mass is 16.5. The van der Waals surface area contributed by atoms with Crippen molar-refractivity contribution in [2.75, 3.05) is 23.9 Å². The van der Waals surface area contributed by atoms with Gasteiger partial charge in [0.2, 0.25) is 0 Å². The van der Waals surface area contributed by atoms with Crippen LogP contribution in [-0.2, 0) is 0 Å². The molecule has 6 heteroatoms. The third-order valence-electron chi connectivity index (χ3n) is 4.78. The van der Waals surface area contributed by atoms with Gasteiger partial charge in [-0.15, -0.1) is 0 Å². The lowest BCUT2D eigenvalue weighted by Gasteiger charge is -2.38. The molecule has 1 atom stereocenters. The Labute approximate surface area is 168 Å². The van der Waals surface area contributed by atoms with E-state index in [9.17, 15) is 4.79 Å². The van der Waals surface area contributed by atoms with Gasteiger partial charge in [-0.25, -0.2) is 0 Å². The van der Waals surface area contributed by atoms with Crippen molar-refractivity contribution in [3.8, 4) is 17.6 Å². The van der Waals surface area contributed by atoms with Crippen molar-refractivity contribution in [2.24, 2.45) is 0 Å². The largest absolute Gasteiger partial charge is 0.497 e. The van der Waals surface area contributed by atoms with Gasteiger partial charge in [0.05, 0.1) is 12.7 Å². The molecule has 0 bridgehead atoms. The average Bonchev–Trinajstić information content (AvgIpc) is 2.78. The molecule has 144 valence electrons. The highest BCUT2D eigenvalue weighted by Crippen LogP contribution is 2.37. The van der Waals surface area contributed by atoms with Crippen molar-refractivity contribution < 1.29 is 14.3 Å². The first-order valence-corrected chi connectivity index (χ1v) is 9.14. The molecule has 29 heavy (non-hydrogen) atoms. The van der Waals surface area contributed by atoms with Crippen LogP contribution >= 0.6 is 0 Å². The van der Waals surface area contributed by atoms with Gasteiger partial charge >= 0.3 is 0 Å². The van der Waals surface area contributed by atoms with E-state index in [0.717, 1.165) is 22.7 Å². The molecule has 3 aromatic carbocycles. The van der Waals surface area contributed by atoms with E-state index >= 15 is 0 Å². The zero-order chi connectivity index (χ0) is 20.2. The van der Waals surface area contributed by atoms with Gasteiger partial charge in [0, 0.05) is 11.4 Å². The van der Waals surface area contributed by atoms with Gasteiger partial charge in [-0.1, -0.05) is 24.3 Å². The lowest BCUT2D eigenvalue weighted by Crippen LogP contribution is -2.43. The third-order valence-corrected chi connectivity index (χ3v) is 4.78. The second-order valence-corrected chi connectivity index (χ2v) is 6.48. The fourth-order valence-corrected chi connectivity index (χ4v) is 3.36. The molecule has 1 N–H and O–H groups in total. The van der Waals surface area contributed by atoms with E-state index in [4.69, 9.17) is 14.7 Å². The molecule has 0 fully saturated rings. The van der Waals surface area contributed by atoms with Gasteiger partial charge in [0.25, 0.3) is 5.91 Å². The van der Waals surface area contributed by atoms with Crippen LogP contribution in [0.5, 0.6) is 11.5 Å². The molecule has 0 spiro atoms. The quantitative estimate of drug-likeness (QED) is 0.706. The van der Waals surface area contributed by atoms with Crippen molar-refractivity contribution in [1.82, 2.24) is 0 Å². The van der Waals surface area contributed by atoms with Gasteiger partial charge in [-0.3, -0.25) is 9.69 Å².